The van der Waals surface area contributed by atoms with Crippen molar-refractivity contribution in [3.05, 3.63) is 89.2 Å². The normalized spacial score (nSPS) is 11.7. The molecule has 1 amide bonds. The first-order valence-electron chi connectivity index (χ1n) is 8.21. The van der Waals surface area contributed by atoms with Crippen LogP contribution in [0.25, 0.3) is 0 Å². The minimum absolute atomic E-state index is 0.364. The molecule has 1 heterocycles. The van der Waals surface area contributed by atoms with E-state index in [1.807, 2.05) is 30.3 Å². The predicted octanol–water partition coefficient (Wildman–Crippen LogP) is 2.80. The molecule has 0 saturated carbocycles. The van der Waals surface area contributed by atoms with Crippen LogP contribution in [0, 0.1) is 6.92 Å². The fourth-order valence-corrected chi connectivity index (χ4v) is 2.73. The Morgan fingerprint density at radius 3 is 2.31 bits per heavy atom. The van der Waals surface area contributed by atoms with Gasteiger partial charge in [-0.15, -0.1) is 0 Å². The molecular formula is C20H19N3O3. The highest BCUT2D eigenvalue weighted by Gasteiger charge is 2.24. The second kappa shape index (κ2) is 7.65. The standard InChI is InChI=1S/C20H19N3O3/c1-14-17(12-21-23(14)13-15-8-4-2-5-9-15)19(24)22-18(20(25)26)16-10-6-3-7-11-16/h2-12,18H,13H2,1H3,(H,22,24)(H,25,26). The predicted molar refractivity (Wildman–Crippen MR) is 96.8 cm³/mol. The van der Waals surface area contributed by atoms with Gasteiger partial charge in [0.25, 0.3) is 5.91 Å². The average Bonchev–Trinajstić information content (AvgIpc) is 3.01. The number of hydrogen-bond donors (Lipinski definition) is 2. The number of rotatable bonds is 6. The molecule has 0 aliphatic carbocycles. The van der Waals surface area contributed by atoms with Crippen LogP contribution in [0.2, 0.25) is 0 Å². The number of hydrogen-bond acceptors (Lipinski definition) is 3. The van der Waals surface area contributed by atoms with E-state index in [-0.39, 0.29) is 0 Å². The van der Waals surface area contributed by atoms with E-state index < -0.39 is 17.9 Å². The Labute approximate surface area is 151 Å². The first-order chi connectivity index (χ1) is 12.6. The zero-order valence-electron chi connectivity index (χ0n) is 14.3. The second-order valence-corrected chi connectivity index (χ2v) is 5.94. The van der Waals surface area contributed by atoms with Crippen LogP contribution >= 0.6 is 0 Å². The number of carbonyl (C=O) groups excluding carboxylic acids is 1. The quantitative estimate of drug-likeness (QED) is 0.717. The van der Waals surface area contributed by atoms with Crippen molar-refractivity contribution in [1.29, 1.82) is 0 Å². The van der Waals surface area contributed by atoms with Crippen molar-refractivity contribution in [3.8, 4) is 0 Å². The monoisotopic (exact) mass is 349 g/mol. The second-order valence-electron chi connectivity index (χ2n) is 5.94. The molecule has 1 unspecified atom stereocenters. The largest absolute Gasteiger partial charge is 0.479 e. The molecule has 0 aliphatic rings. The summed E-state index contributed by atoms with van der Waals surface area (Å²) in [7, 11) is 0. The summed E-state index contributed by atoms with van der Waals surface area (Å²) in [6.07, 6.45) is 1.47. The summed E-state index contributed by atoms with van der Waals surface area (Å²) >= 11 is 0. The molecule has 6 heteroatoms. The van der Waals surface area contributed by atoms with Gasteiger partial charge < -0.3 is 10.4 Å². The Morgan fingerprint density at radius 2 is 1.69 bits per heavy atom. The molecule has 2 N–H and O–H groups in total. The molecule has 0 saturated heterocycles. The van der Waals surface area contributed by atoms with E-state index in [1.165, 1.54) is 6.20 Å². The fourth-order valence-electron chi connectivity index (χ4n) is 2.73. The maximum absolute atomic E-state index is 12.6. The summed E-state index contributed by atoms with van der Waals surface area (Å²) in [6, 6.07) is 17.3. The molecule has 6 nitrogen and oxygen atoms in total. The lowest BCUT2D eigenvalue weighted by molar-refractivity contribution is -0.139. The van der Waals surface area contributed by atoms with Crippen LogP contribution in [0.1, 0.15) is 33.2 Å². The van der Waals surface area contributed by atoms with Crippen LogP contribution < -0.4 is 5.32 Å². The summed E-state index contributed by atoms with van der Waals surface area (Å²) in [5.74, 6) is -1.57. The Balaban J connectivity index is 1.78. The third kappa shape index (κ3) is 3.80. The minimum atomic E-state index is -1.11. The number of aliphatic carboxylic acids is 1. The maximum atomic E-state index is 12.6. The van der Waals surface area contributed by atoms with Crippen LogP contribution in [-0.2, 0) is 11.3 Å². The number of carboxylic acids is 1. The summed E-state index contributed by atoms with van der Waals surface area (Å²) in [5.41, 5.74) is 2.63. The molecule has 26 heavy (non-hydrogen) atoms. The highest BCUT2D eigenvalue weighted by atomic mass is 16.4. The van der Waals surface area contributed by atoms with Gasteiger partial charge in [0.1, 0.15) is 0 Å². The molecule has 0 aliphatic heterocycles. The molecule has 0 bridgehead atoms. The molecule has 0 spiro atoms. The van der Waals surface area contributed by atoms with E-state index in [9.17, 15) is 14.7 Å². The van der Waals surface area contributed by atoms with E-state index in [4.69, 9.17) is 0 Å². The summed E-state index contributed by atoms with van der Waals surface area (Å²) < 4.78 is 1.72. The maximum Gasteiger partial charge on any atom is 0.330 e. The van der Waals surface area contributed by atoms with Gasteiger partial charge >= 0.3 is 5.97 Å². The summed E-state index contributed by atoms with van der Waals surface area (Å²) in [6.45, 7) is 2.34. The van der Waals surface area contributed by atoms with Crippen molar-refractivity contribution in [3.63, 3.8) is 0 Å². The smallest absolute Gasteiger partial charge is 0.330 e. The topological polar surface area (TPSA) is 84.2 Å². The van der Waals surface area contributed by atoms with Gasteiger partial charge in [-0.25, -0.2) is 4.79 Å². The Hall–Kier alpha value is -3.41. The van der Waals surface area contributed by atoms with Gasteiger partial charge in [-0.1, -0.05) is 60.7 Å². The van der Waals surface area contributed by atoms with Gasteiger partial charge in [0, 0.05) is 5.69 Å². The van der Waals surface area contributed by atoms with Gasteiger partial charge in [-0.05, 0) is 18.1 Å². The third-order valence-electron chi connectivity index (χ3n) is 4.18. The molecule has 0 fully saturated rings. The van der Waals surface area contributed by atoms with E-state index in [2.05, 4.69) is 10.4 Å². The Bertz CT molecular complexity index is 905. The zero-order valence-corrected chi connectivity index (χ0v) is 14.3. The van der Waals surface area contributed by atoms with Crippen molar-refractivity contribution in [1.82, 2.24) is 15.1 Å². The number of aromatic nitrogens is 2. The molecule has 0 radical (unpaired) electrons. The van der Waals surface area contributed by atoms with Gasteiger partial charge in [0.2, 0.25) is 0 Å². The fraction of sp³-hybridized carbons (Fsp3) is 0.150. The van der Waals surface area contributed by atoms with Crippen LogP contribution in [0.15, 0.2) is 66.9 Å². The van der Waals surface area contributed by atoms with Crippen LogP contribution in [0.3, 0.4) is 0 Å². The molecule has 2 aromatic carbocycles. The molecule has 3 aromatic rings. The van der Waals surface area contributed by atoms with Gasteiger partial charge in [-0.2, -0.15) is 5.10 Å². The lowest BCUT2D eigenvalue weighted by Crippen LogP contribution is -2.34. The Kier molecular flexibility index (Phi) is 5.12. The van der Waals surface area contributed by atoms with E-state index in [0.29, 0.717) is 23.4 Å². The summed E-state index contributed by atoms with van der Waals surface area (Å²) in [5, 5.41) is 16.3. The lowest BCUT2D eigenvalue weighted by atomic mass is 10.1. The highest BCUT2D eigenvalue weighted by molar-refractivity contribution is 5.97. The number of amides is 1. The van der Waals surface area contributed by atoms with E-state index in [1.54, 1.807) is 41.9 Å². The van der Waals surface area contributed by atoms with Crippen molar-refractivity contribution >= 4 is 11.9 Å². The first kappa shape index (κ1) is 17.4. The number of nitrogens with zero attached hydrogens (tertiary/aromatic N) is 2. The molecule has 1 atom stereocenters. The van der Waals surface area contributed by atoms with E-state index in [0.717, 1.165) is 5.56 Å². The molecule has 1 aromatic heterocycles. The Morgan fingerprint density at radius 1 is 1.08 bits per heavy atom. The number of benzene rings is 2. The summed E-state index contributed by atoms with van der Waals surface area (Å²) in [4.78, 5) is 24.2. The van der Waals surface area contributed by atoms with Crippen LogP contribution in [0.5, 0.6) is 0 Å². The third-order valence-corrected chi connectivity index (χ3v) is 4.18. The molecule has 132 valence electrons. The van der Waals surface area contributed by atoms with E-state index >= 15 is 0 Å². The molecule has 3 rings (SSSR count). The van der Waals surface area contributed by atoms with Gasteiger partial charge in [0.15, 0.2) is 6.04 Å². The van der Waals surface area contributed by atoms with Crippen LogP contribution in [0.4, 0.5) is 0 Å². The van der Waals surface area contributed by atoms with Gasteiger partial charge in [-0.3, -0.25) is 9.48 Å². The van der Waals surface area contributed by atoms with Crippen molar-refractivity contribution in [2.24, 2.45) is 0 Å². The first-order valence-corrected chi connectivity index (χ1v) is 8.21. The number of nitrogens with one attached hydrogen (secondary N) is 1. The van der Waals surface area contributed by atoms with Crippen molar-refractivity contribution < 1.29 is 14.7 Å². The molecular weight excluding hydrogens is 330 g/mol. The SMILES string of the molecule is Cc1c(C(=O)NC(C(=O)O)c2ccccc2)cnn1Cc1ccccc1. The van der Waals surface area contributed by atoms with Crippen molar-refractivity contribution in [2.75, 3.05) is 0 Å². The lowest BCUT2D eigenvalue weighted by Gasteiger charge is -2.14. The van der Waals surface area contributed by atoms with Gasteiger partial charge in [0.05, 0.1) is 18.3 Å². The highest BCUT2D eigenvalue weighted by Crippen LogP contribution is 2.16. The zero-order chi connectivity index (χ0) is 18.5. The number of carboxylic acid groups (broad SMARTS) is 1. The minimum Gasteiger partial charge on any atom is -0.479 e. The van der Waals surface area contributed by atoms with Crippen LogP contribution in [-0.4, -0.2) is 26.8 Å². The number of carbonyl (C=O) groups is 2. The average molecular weight is 349 g/mol. The van der Waals surface area contributed by atoms with Crippen molar-refractivity contribution in [2.45, 2.75) is 19.5 Å².